The average Bonchev–Trinajstić information content (AvgIpc) is 2.78. The fourth-order valence-electron chi connectivity index (χ4n) is 3.99. The Hall–Kier alpha value is -2.24. The minimum absolute atomic E-state index is 0.0149. The summed E-state index contributed by atoms with van der Waals surface area (Å²) in [6.07, 6.45) is 3.27. The molecule has 0 saturated carbocycles. The predicted molar refractivity (Wildman–Crippen MR) is 121 cm³/mol. The lowest BCUT2D eigenvalue weighted by Crippen LogP contribution is -2.40. The van der Waals surface area contributed by atoms with Crippen molar-refractivity contribution in [3.8, 4) is 11.5 Å². The first-order valence-corrected chi connectivity index (χ1v) is 10.8. The molecule has 3 rings (SSSR count). The van der Waals surface area contributed by atoms with Crippen LogP contribution in [0.2, 0.25) is 5.02 Å². The first-order valence-electron chi connectivity index (χ1n) is 10.4. The predicted octanol–water partition coefficient (Wildman–Crippen LogP) is 4.38. The Kier molecular flexibility index (Phi) is 8.00. The third kappa shape index (κ3) is 5.89. The summed E-state index contributed by atoms with van der Waals surface area (Å²) in [6.45, 7) is 4.00. The van der Waals surface area contributed by atoms with Crippen LogP contribution in [-0.2, 0) is 6.42 Å². The van der Waals surface area contributed by atoms with Crippen molar-refractivity contribution in [1.29, 1.82) is 0 Å². The van der Waals surface area contributed by atoms with Crippen LogP contribution in [0, 0.1) is 5.92 Å². The van der Waals surface area contributed by atoms with Gasteiger partial charge in [-0.05, 0) is 74.2 Å². The number of halogens is 1. The Morgan fingerprint density at radius 1 is 1.07 bits per heavy atom. The molecule has 1 aliphatic heterocycles. The zero-order chi connectivity index (χ0) is 21.5. The van der Waals surface area contributed by atoms with Crippen molar-refractivity contribution in [3.05, 3.63) is 58.6 Å². The largest absolute Gasteiger partial charge is 0.493 e. The van der Waals surface area contributed by atoms with Crippen molar-refractivity contribution in [2.24, 2.45) is 5.92 Å². The van der Waals surface area contributed by atoms with Crippen LogP contribution in [0.3, 0.4) is 0 Å². The van der Waals surface area contributed by atoms with Gasteiger partial charge in [0, 0.05) is 30.7 Å². The van der Waals surface area contributed by atoms with E-state index in [1.165, 1.54) is 5.56 Å². The lowest BCUT2D eigenvalue weighted by Gasteiger charge is -2.34. The van der Waals surface area contributed by atoms with Crippen LogP contribution in [0.5, 0.6) is 11.5 Å². The monoisotopic (exact) mass is 430 g/mol. The highest BCUT2D eigenvalue weighted by Crippen LogP contribution is 2.28. The van der Waals surface area contributed by atoms with Gasteiger partial charge in [0.15, 0.2) is 11.5 Å². The number of methoxy groups -OCH3 is 2. The number of carbonyl (C=O) groups excluding carboxylic acids is 1. The van der Waals surface area contributed by atoms with E-state index in [-0.39, 0.29) is 5.91 Å². The molecule has 1 amide bonds. The summed E-state index contributed by atoms with van der Waals surface area (Å²) in [5, 5.41) is 0.784. The van der Waals surface area contributed by atoms with E-state index in [4.69, 9.17) is 21.1 Å². The fraction of sp³-hybridized carbons (Fsp3) is 0.458. The topological polar surface area (TPSA) is 42.0 Å². The molecule has 5 nitrogen and oxygen atoms in total. The van der Waals surface area contributed by atoms with Gasteiger partial charge in [0.1, 0.15) is 0 Å². The molecule has 1 heterocycles. The van der Waals surface area contributed by atoms with E-state index in [1.54, 1.807) is 32.4 Å². The fourth-order valence-corrected chi connectivity index (χ4v) is 4.12. The Labute approximate surface area is 184 Å². The van der Waals surface area contributed by atoms with E-state index in [1.807, 2.05) is 24.1 Å². The molecule has 162 valence electrons. The maximum absolute atomic E-state index is 12.8. The molecule has 30 heavy (non-hydrogen) atoms. The highest BCUT2D eigenvalue weighted by Gasteiger charge is 2.23. The number of benzene rings is 2. The zero-order valence-corrected chi connectivity index (χ0v) is 18.8. The van der Waals surface area contributed by atoms with Gasteiger partial charge in [-0.3, -0.25) is 4.79 Å². The number of likely N-dealkylation sites (tertiary alicyclic amines) is 1. The zero-order valence-electron chi connectivity index (χ0n) is 18.1. The minimum Gasteiger partial charge on any atom is -0.493 e. The molecule has 0 N–H and O–H groups in total. The quantitative estimate of drug-likeness (QED) is 0.623. The Morgan fingerprint density at radius 2 is 1.73 bits per heavy atom. The van der Waals surface area contributed by atoms with E-state index in [0.717, 1.165) is 50.5 Å². The van der Waals surface area contributed by atoms with Crippen LogP contribution in [-0.4, -0.2) is 63.2 Å². The molecule has 0 aliphatic carbocycles. The molecule has 0 aromatic heterocycles. The van der Waals surface area contributed by atoms with E-state index in [9.17, 15) is 4.79 Å². The summed E-state index contributed by atoms with van der Waals surface area (Å²) in [7, 11) is 5.05. The van der Waals surface area contributed by atoms with Crippen molar-refractivity contribution in [2.45, 2.75) is 19.3 Å². The van der Waals surface area contributed by atoms with Crippen molar-refractivity contribution < 1.29 is 14.3 Å². The van der Waals surface area contributed by atoms with Crippen LogP contribution in [0.25, 0.3) is 0 Å². The third-order valence-corrected chi connectivity index (χ3v) is 6.10. The first-order chi connectivity index (χ1) is 14.5. The van der Waals surface area contributed by atoms with Crippen LogP contribution >= 0.6 is 11.6 Å². The van der Waals surface area contributed by atoms with Gasteiger partial charge in [0.2, 0.25) is 0 Å². The molecule has 0 radical (unpaired) electrons. The molecule has 0 atom stereocenters. The molecule has 1 saturated heterocycles. The molecule has 1 aliphatic rings. The van der Waals surface area contributed by atoms with E-state index in [0.29, 0.717) is 23.0 Å². The summed E-state index contributed by atoms with van der Waals surface area (Å²) in [5.41, 5.74) is 1.94. The number of carbonyl (C=O) groups is 1. The van der Waals surface area contributed by atoms with Crippen LogP contribution in [0.1, 0.15) is 28.8 Å². The Bertz CT molecular complexity index is 833. The van der Waals surface area contributed by atoms with E-state index in [2.05, 4.69) is 17.0 Å². The van der Waals surface area contributed by atoms with Gasteiger partial charge < -0.3 is 19.3 Å². The van der Waals surface area contributed by atoms with Gasteiger partial charge in [-0.15, -0.1) is 0 Å². The average molecular weight is 431 g/mol. The van der Waals surface area contributed by atoms with Crippen molar-refractivity contribution in [3.63, 3.8) is 0 Å². The van der Waals surface area contributed by atoms with Gasteiger partial charge in [0.05, 0.1) is 14.2 Å². The smallest absolute Gasteiger partial charge is 0.253 e. The second-order valence-electron chi connectivity index (χ2n) is 7.92. The van der Waals surface area contributed by atoms with Gasteiger partial charge >= 0.3 is 0 Å². The number of ether oxygens (including phenoxy) is 2. The maximum atomic E-state index is 12.8. The Morgan fingerprint density at radius 3 is 2.37 bits per heavy atom. The third-order valence-electron chi connectivity index (χ3n) is 5.85. The van der Waals surface area contributed by atoms with Gasteiger partial charge in [0.25, 0.3) is 5.91 Å². The SMILES string of the molecule is COc1ccc(C(=O)N(C)CC2CCN(CCc3ccc(Cl)cc3)CC2)cc1OC. The first kappa shape index (κ1) is 22.4. The summed E-state index contributed by atoms with van der Waals surface area (Å²) in [6, 6.07) is 13.4. The molecule has 0 unspecified atom stereocenters. The highest BCUT2D eigenvalue weighted by atomic mass is 35.5. The molecule has 0 spiro atoms. The van der Waals surface area contributed by atoms with Crippen LogP contribution < -0.4 is 9.47 Å². The molecule has 2 aromatic carbocycles. The minimum atomic E-state index is 0.0149. The van der Waals surface area contributed by atoms with Crippen LogP contribution in [0.4, 0.5) is 0 Å². The standard InChI is InChI=1S/C24H31ClN2O3/c1-26(24(28)20-6-9-22(29-2)23(16-20)30-3)17-19-11-14-27(15-12-19)13-10-18-4-7-21(25)8-5-18/h4-9,16,19H,10-15,17H2,1-3H3. The van der Waals surface area contributed by atoms with Gasteiger partial charge in [-0.25, -0.2) is 0 Å². The molecular weight excluding hydrogens is 400 g/mol. The molecule has 0 bridgehead atoms. The lowest BCUT2D eigenvalue weighted by atomic mass is 9.95. The number of hydrogen-bond donors (Lipinski definition) is 0. The van der Waals surface area contributed by atoms with Crippen molar-refractivity contribution in [1.82, 2.24) is 9.80 Å². The number of hydrogen-bond acceptors (Lipinski definition) is 4. The molecule has 2 aromatic rings. The number of nitrogens with zero attached hydrogens (tertiary/aromatic N) is 2. The van der Waals surface area contributed by atoms with Crippen LogP contribution in [0.15, 0.2) is 42.5 Å². The van der Waals surface area contributed by atoms with E-state index >= 15 is 0 Å². The van der Waals surface area contributed by atoms with Crippen molar-refractivity contribution in [2.75, 3.05) is 47.4 Å². The summed E-state index contributed by atoms with van der Waals surface area (Å²) in [5.74, 6) is 1.75. The molecule has 6 heteroatoms. The normalized spacial score (nSPS) is 15.1. The Balaban J connectivity index is 1.46. The van der Waals surface area contributed by atoms with Gasteiger partial charge in [-0.2, -0.15) is 0 Å². The number of amides is 1. The maximum Gasteiger partial charge on any atom is 0.253 e. The molecule has 1 fully saturated rings. The number of rotatable bonds is 8. The second-order valence-corrected chi connectivity index (χ2v) is 8.35. The van der Waals surface area contributed by atoms with E-state index < -0.39 is 0 Å². The lowest BCUT2D eigenvalue weighted by molar-refractivity contribution is 0.0740. The summed E-state index contributed by atoms with van der Waals surface area (Å²) < 4.78 is 10.6. The number of piperidine rings is 1. The summed E-state index contributed by atoms with van der Waals surface area (Å²) >= 11 is 5.96. The second kappa shape index (κ2) is 10.7. The van der Waals surface area contributed by atoms with Gasteiger partial charge in [-0.1, -0.05) is 23.7 Å². The summed E-state index contributed by atoms with van der Waals surface area (Å²) in [4.78, 5) is 17.2. The highest BCUT2D eigenvalue weighted by molar-refractivity contribution is 6.30. The molecular formula is C24H31ClN2O3. The van der Waals surface area contributed by atoms with Crippen molar-refractivity contribution >= 4 is 17.5 Å².